The van der Waals surface area contributed by atoms with Gasteiger partial charge in [-0.25, -0.2) is 13.1 Å². The van der Waals surface area contributed by atoms with E-state index in [1.165, 1.54) is 25.1 Å². The first-order valence-corrected chi connectivity index (χ1v) is 13.2. The van der Waals surface area contributed by atoms with Gasteiger partial charge >= 0.3 is 11.9 Å². The average molecular weight is 494 g/mol. The number of benzene rings is 1. The molecule has 12 nitrogen and oxygen atoms in total. The van der Waals surface area contributed by atoms with Gasteiger partial charge in [-0.2, -0.15) is 0 Å². The highest BCUT2D eigenvalue weighted by molar-refractivity contribution is 7.89. The fourth-order valence-electron chi connectivity index (χ4n) is 3.04. The minimum atomic E-state index is -4.44. The maximum atomic E-state index is 13.1. The van der Waals surface area contributed by atoms with E-state index >= 15 is 0 Å². The van der Waals surface area contributed by atoms with Gasteiger partial charge in [0.25, 0.3) is 5.69 Å². The summed E-state index contributed by atoms with van der Waals surface area (Å²) in [6.45, 7) is 3.18. The predicted octanol–water partition coefficient (Wildman–Crippen LogP) is 2.22. The Morgan fingerprint density at radius 1 is 1.28 bits per heavy atom. The topological polar surface area (TPSA) is 201 Å². The monoisotopic (exact) mass is 494 g/mol. The number of non-ortho nitro benzene ring substituents is 1. The smallest absolute Gasteiger partial charge is 0.307 e. The number of rotatable bonds is 14. The first-order valence-electron chi connectivity index (χ1n) is 9.68. The lowest BCUT2D eigenvalue weighted by atomic mass is 10.1. The van der Waals surface area contributed by atoms with Crippen LogP contribution in [0.3, 0.4) is 0 Å². The van der Waals surface area contributed by atoms with Crippen molar-refractivity contribution in [3.8, 4) is 0 Å². The number of hydrogen-bond acceptors (Lipinski definition) is 7. The Labute approximate surface area is 185 Å². The highest BCUT2D eigenvalue weighted by Gasteiger charge is 2.40. The third-order valence-corrected chi connectivity index (χ3v) is 8.91. The van der Waals surface area contributed by atoms with Crippen LogP contribution in [0.25, 0.3) is 0 Å². The van der Waals surface area contributed by atoms with Gasteiger partial charge in [-0.05, 0) is 17.9 Å². The Kier molecular flexibility index (Phi) is 9.96. The number of carbonyl (C=O) groups is 2. The van der Waals surface area contributed by atoms with E-state index in [1.54, 1.807) is 6.92 Å². The van der Waals surface area contributed by atoms with Gasteiger partial charge < -0.3 is 15.1 Å². The molecule has 1 aromatic carbocycles. The molecular formula is C18H27N2O10PS. The third-order valence-electron chi connectivity index (χ3n) is 4.93. The van der Waals surface area contributed by atoms with Crippen molar-refractivity contribution < 1.29 is 42.6 Å². The molecule has 0 aromatic heterocycles. The van der Waals surface area contributed by atoms with Crippen LogP contribution in [-0.4, -0.2) is 52.3 Å². The maximum absolute atomic E-state index is 13.1. The SMILES string of the molecule is CCC(C)C(NS(=O)(=O)Cc1cccc([N+](=O)[O-])c1)P(=O)(O)CC(CCC(=O)O)C(=O)O. The van der Waals surface area contributed by atoms with Crippen molar-refractivity contribution >= 4 is 35.0 Å². The molecule has 4 unspecified atom stereocenters. The lowest BCUT2D eigenvalue weighted by Crippen LogP contribution is -2.41. The zero-order valence-corrected chi connectivity index (χ0v) is 19.3. The number of nitrogens with zero attached hydrogens (tertiary/aromatic N) is 1. The number of sulfonamides is 1. The fraction of sp³-hybridized carbons (Fsp3) is 0.556. The molecule has 32 heavy (non-hydrogen) atoms. The van der Waals surface area contributed by atoms with Crippen molar-refractivity contribution in [2.24, 2.45) is 11.8 Å². The second-order valence-corrected chi connectivity index (χ2v) is 11.7. The summed E-state index contributed by atoms with van der Waals surface area (Å²) in [4.78, 5) is 43.0. The molecule has 14 heteroatoms. The lowest BCUT2D eigenvalue weighted by molar-refractivity contribution is -0.384. The van der Waals surface area contributed by atoms with Crippen LogP contribution < -0.4 is 4.72 Å². The van der Waals surface area contributed by atoms with Gasteiger partial charge in [-0.3, -0.25) is 24.3 Å². The molecule has 180 valence electrons. The molecule has 0 spiro atoms. The largest absolute Gasteiger partial charge is 0.481 e. The van der Waals surface area contributed by atoms with Crippen molar-refractivity contribution in [1.29, 1.82) is 0 Å². The molecule has 0 fully saturated rings. The normalized spacial score (nSPS) is 16.5. The highest BCUT2D eigenvalue weighted by Crippen LogP contribution is 2.51. The summed E-state index contributed by atoms with van der Waals surface area (Å²) >= 11 is 0. The van der Waals surface area contributed by atoms with Crippen molar-refractivity contribution in [1.82, 2.24) is 4.72 Å². The molecular weight excluding hydrogens is 467 g/mol. The summed E-state index contributed by atoms with van der Waals surface area (Å²) in [7, 11) is -8.69. The minimum absolute atomic E-state index is 0.0900. The van der Waals surface area contributed by atoms with Gasteiger partial charge in [0.05, 0.1) is 16.6 Å². The molecule has 0 saturated heterocycles. The molecule has 0 heterocycles. The fourth-order valence-corrected chi connectivity index (χ4v) is 7.69. The summed E-state index contributed by atoms with van der Waals surface area (Å²) in [5.74, 6) is -7.02. The second-order valence-electron chi connectivity index (χ2n) is 7.54. The highest BCUT2D eigenvalue weighted by atomic mass is 32.2. The van der Waals surface area contributed by atoms with E-state index in [2.05, 4.69) is 4.72 Å². The average Bonchev–Trinajstić information content (AvgIpc) is 2.68. The predicted molar refractivity (Wildman–Crippen MR) is 115 cm³/mol. The van der Waals surface area contributed by atoms with Crippen LogP contribution in [0.2, 0.25) is 0 Å². The van der Waals surface area contributed by atoms with Crippen LogP contribution in [0.1, 0.15) is 38.7 Å². The number of hydrogen-bond donors (Lipinski definition) is 4. The van der Waals surface area contributed by atoms with E-state index < -0.39 is 70.2 Å². The maximum Gasteiger partial charge on any atom is 0.307 e. The molecule has 0 aliphatic carbocycles. The van der Waals surface area contributed by atoms with Gasteiger partial charge in [-0.15, -0.1) is 0 Å². The van der Waals surface area contributed by atoms with E-state index in [1.807, 2.05) is 0 Å². The van der Waals surface area contributed by atoms with Crippen molar-refractivity contribution in [2.45, 2.75) is 44.6 Å². The number of nitro benzene ring substituents is 1. The molecule has 0 aliphatic rings. The van der Waals surface area contributed by atoms with Crippen molar-refractivity contribution in [3.63, 3.8) is 0 Å². The van der Waals surface area contributed by atoms with E-state index in [0.29, 0.717) is 6.42 Å². The zero-order valence-electron chi connectivity index (χ0n) is 17.6. The summed E-state index contributed by atoms with van der Waals surface area (Å²) in [5, 5.41) is 29.0. The Morgan fingerprint density at radius 3 is 2.41 bits per heavy atom. The summed E-state index contributed by atoms with van der Waals surface area (Å²) < 4.78 is 40.6. The van der Waals surface area contributed by atoms with Crippen molar-refractivity contribution in [3.05, 3.63) is 39.9 Å². The lowest BCUT2D eigenvalue weighted by Gasteiger charge is -2.30. The van der Waals surface area contributed by atoms with Crippen LogP contribution >= 0.6 is 7.37 Å². The van der Waals surface area contributed by atoms with Crippen LogP contribution in [0.4, 0.5) is 5.69 Å². The molecule has 0 aliphatic heterocycles. The zero-order chi connectivity index (χ0) is 24.7. The van der Waals surface area contributed by atoms with Gasteiger partial charge in [-0.1, -0.05) is 32.4 Å². The Balaban J connectivity index is 3.14. The second kappa shape index (κ2) is 11.5. The van der Waals surface area contributed by atoms with E-state index in [0.717, 1.165) is 6.07 Å². The standard InChI is InChI=1S/C18H27N2O10PS/c1-3-12(2)17(31(27,28)10-14(18(23)24)7-8-16(21)22)19-32(29,30)11-13-5-4-6-15(9-13)20(25)26/h4-6,9,12,14,17,19H,3,7-8,10-11H2,1-2H3,(H,21,22)(H,23,24)(H,27,28). The number of aliphatic carboxylic acids is 2. The third kappa shape index (κ3) is 8.65. The van der Waals surface area contributed by atoms with Gasteiger partial charge in [0.1, 0.15) is 5.78 Å². The van der Waals surface area contributed by atoms with Crippen molar-refractivity contribution in [2.75, 3.05) is 6.16 Å². The molecule has 1 rings (SSSR count). The number of carboxylic acid groups (broad SMARTS) is 2. The van der Waals surface area contributed by atoms with Crippen LogP contribution in [0, 0.1) is 22.0 Å². The molecule has 4 N–H and O–H groups in total. The molecule has 0 amide bonds. The molecule has 0 radical (unpaired) electrons. The molecule has 0 saturated carbocycles. The minimum Gasteiger partial charge on any atom is -0.481 e. The molecule has 4 atom stereocenters. The van der Waals surface area contributed by atoms with E-state index in [9.17, 15) is 42.7 Å². The number of nitro groups is 1. The summed E-state index contributed by atoms with van der Waals surface area (Å²) in [6.07, 6.45) is -1.42. The Bertz CT molecular complexity index is 997. The summed E-state index contributed by atoms with van der Waals surface area (Å²) in [6, 6.07) is 4.93. The first kappa shape index (κ1) is 27.7. The van der Waals surface area contributed by atoms with Crippen LogP contribution in [0.5, 0.6) is 0 Å². The Hall–Kier alpha value is -2.34. The number of nitrogens with one attached hydrogen (secondary N) is 1. The van der Waals surface area contributed by atoms with Gasteiger partial charge in [0, 0.05) is 24.7 Å². The quantitative estimate of drug-likeness (QED) is 0.169. The molecule has 1 aromatic rings. The van der Waals surface area contributed by atoms with Crippen LogP contribution in [0.15, 0.2) is 24.3 Å². The summed E-state index contributed by atoms with van der Waals surface area (Å²) in [5.41, 5.74) is -0.223. The Morgan fingerprint density at radius 2 is 1.91 bits per heavy atom. The first-order chi connectivity index (χ1) is 14.7. The van der Waals surface area contributed by atoms with E-state index in [-0.39, 0.29) is 17.7 Å². The number of carboxylic acids is 2. The van der Waals surface area contributed by atoms with Gasteiger partial charge in [0.2, 0.25) is 17.4 Å². The van der Waals surface area contributed by atoms with Gasteiger partial charge in [0.15, 0.2) is 0 Å². The molecule has 0 bridgehead atoms. The van der Waals surface area contributed by atoms with E-state index in [4.69, 9.17) is 5.11 Å². The van der Waals surface area contributed by atoms with Crippen LogP contribution in [-0.2, 0) is 29.9 Å².